The summed E-state index contributed by atoms with van der Waals surface area (Å²) in [7, 11) is 0. The number of hydrogen-bond acceptors (Lipinski definition) is 2. The second kappa shape index (κ2) is 6.47. The quantitative estimate of drug-likeness (QED) is 0.598. The molecule has 0 atom stereocenters. The summed E-state index contributed by atoms with van der Waals surface area (Å²) in [6.07, 6.45) is 1.62. The van der Waals surface area contributed by atoms with Crippen LogP contribution in [0.4, 0.5) is 0 Å². The van der Waals surface area contributed by atoms with Crippen molar-refractivity contribution < 1.29 is 0 Å². The Morgan fingerprint density at radius 1 is 0.955 bits per heavy atom. The van der Waals surface area contributed by atoms with Gasteiger partial charge in [-0.1, -0.05) is 58.5 Å². The van der Waals surface area contributed by atoms with Crippen molar-refractivity contribution in [3.8, 4) is 11.4 Å². The minimum absolute atomic E-state index is 0.445. The van der Waals surface area contributed by atoms with Crippen molar-refractivity contribution in [1.82, 2.24) is 14.8 Å². The zero-order valence-electron chi connectivity index (χ0n) is 11.1. The van der Waals surface area contributed by atoms with Gasteiger partial charge in [-0.15, -0.1) is 10.2 Å². The summed E-state index contributed by atoms with van der Waals surface area (Å²) in [5, 5.41) is 10.2. The maximum absolute atomic E-state index is 6.26. The maximum Gasteiger partial charge on any atom is 0.165 e. The number of nitrogens with zero attached hydrogens (tertiary/aromatic N) is 3. The topological polar surface area (TPSA) is 30.7 Å². The van der Waals surface area contributed by atoms with E-state index in [0.29, 0.717) is 32.5 Å². The molecule has 3 rings (SSSR count). The van der Waals surface area contributed by atoms with Gasteiger partial charge in [0.25, 0.3) is 0 Å². The second-order valence-electron chi connectivity index (χ2n) is 4.62. The van der Waals surface area contributed by atoms with Gasteiger partial charge in [0.15, 0.2) is 5.82 Å². The van der Waals surface area contributed by atoms with Crippen molar-refractivity contribution in [2.75, 3.05) is 0 Å². The van der Waals surface area contributed by atoms with E-state index in [-0.39, 0.29) is 0 Å². The molecule has 7 heteroatoms. The molecule has 0 bridgehead atoms. The molecule has 0 unspecified atom stereocenters. The predicted molar refractivity (Wildman–Crippen MR) is 91.0 cm³/mol. The van der Waals surface area contributed by atoms with Crippen LogP contribution in [-0.4, -0.2) is 14.8 Å². The van der Waals surface area contributed by atoms with E-state index in [0.717, 1.165) is 11.1 Å². The molecule has 0 fully saturated rings. The molecule has 112 valence electrons. The molecule has 0 aliphatic heterocycles. The van der Waals surface area contributed by atoms with E-state index >= 15 is 0 Å². The van der Waals surface area contributed by atoms with Crippen LogP contribution in [0.5, 0.6) is 0 Å². The van der Waals surface area contributed by atoms with E-state index in [9.17, 15) is 0 Å². The third kappa shape index (κ3) is 3.08. The monoisotopic (exact) mass is 371 g/mol. The van der Waals surface area contributed by atoms with Gasteiger partial charge in [0.2, 0.25) is 0 Å². The number of benzene rings is 2. The first kappa shape index (κ1) is 15.6. The van der Waals surface area contributed by atoms with Crippen LogP contribution in [0.2, 0.25) is 20.1 Å². The zero-order valence-corrected chi connectivity index (χ0v) is 14.1. The molecule has 1 aromatic heterocycles. The van der Waals surface area contributed by atoms with Crippen molar-refractivity contribution >= 4 is 46.4 Å². The van der Waals surface area contributed by atoms with Gasteiger partial charge >= 0.3 is 0 Å². The lowest BCUT2D eigenvalue weighted by molar-refractivity contribution is 0.803. The van der Waals surface area contributed by atoms with Crippen LogP contribution in [0.15, 0.2) is 42.7 Å². The molecule has 0 amide bonds. The Kier molecular flexibility index (Phi) is 4.59. The fourth-order valence-electron chi connectivity index (χ4n) is 2.09. The molecule has 0 saturated heterocycles. The maximum atomic E-state index is 6.26. The lowest BCUT2D eigenvalue weighted by atomic mass is 10.2. The van der Waals surface area contributed by atoms with Gasteiger partial charge in [-0.2, -0.15) is 0 Å². The first-order valence-electron chi connectivity index (χ1n) is 6.32. The predicted octanol–water partition coefficient (Wildman–Crippen LogP) is 5.61. The average molecular weight is 373 g/mol. The molecule has 3 aromatic rings. The van der Waals surface area contributed by atoms with Crippen LogP contribution < -0.4 is 0 Å². The highest BCUT2D eigenvalue weighted by molar-refractivity contribution is 6.43. The first-order valence-corrected chi connectivity index (χ1v) is 7.83. The van der Waals surface area contributed by atoms with Crippen molar-refractivity contribution in [1.29, 1.82) is 0 Å². The van der Waals surface area contributed by atoms with E-state index in [1.807, 2.05) is 22.8 Å². The summed E-state index contributed by atoms with van der Waals surface area (Å²) in [6, 6.07) is 10.8. The molecule has 0 aliphatic carbocycles. The molecule has 22 heavy (non-hydrogen) atoms. The van der Waals surface area contributed by atoms with Gasteiger partial charge in [-0.25, -0.2) is 0 Å². The fraction of sp³-hybridized carbons (Fsp3) is 0.0667. The molecule has 0 radical (unpaired) electrons. The second-order valence-corrected chi connectivity index (χ2v) is 6.25. The molecule has 2 aromatic carbocycles. The Morgan fingerprint density at radius 2 is 1.77 bits per heavy atom. The summed E-state index contributed by atoms with van der Waals surface area (Å²) in [5.41, 5.74) is 1.63. The number of hydrogen-bond donors (Lipinski definition) is 0. The molecule has 0 spiro atoms. The molecule has 1 heterocycles. The summed E-state index contributed by atoms with van der Waals surface area (Å²) < 4.78 is 1.85. The molecular weight excluding hydrogens is 364 g/mol. The summed E-state index contributed by atoms with van der Waals surface area (Å²) in [6.45, 7) is 0.501. The van der Waals surface area contributed by atoms with Crippen LogP contribution in [0.3, 0.4) is 0 Å². The third-order valence-electron chi connectivity index (χ3n) is 3.16. The highest BCUT2D eigenvalue weighted by Crippen LogP contribution is 2.32. The smallest absolute Gasteiger partial charge is 0.165 e. The van der Waals surface area contributed by atoms with E-state index in [1.165, 1.54) is 0 Å². The summed E-state index contributed by atoms with van der Waals surface area (Å²) in [4.78, 5) is 0. The van der Waals surface area contributed by atoms with Crippen LogP contribution in [0.25, 0.3) is 11.4 Å². The Morgan fingerprint density at radius 3 is 2.55 bits per heavy atom. The number of halogens is 4. The lowest BCUT2D eigenvalue weighted by Gasteiger charge is -2.10. The average Bonchev–Trinajstić information content (AvgIpc) is 2.93. The Balaban J connectivity index is 2.01. The fourth-order valence-corrected chi connectivity index (χ4v) is 2.94. The lowest BCUT2D eigenvalue weighted by Crippen LogP contribution is -2.02. The Bertz CT molecular complexity index is 829. The van der Waals surface area contributed by atoms with Gasteiger partial charge in [0, 0.05) is 15.6 Å². The third-order valence-corrected chi connectivity index (χ3v) is 4.57. The largest absolute Gasteiger partial charge is 0.309 e. The molecule has 3 nitrogen and oxygen atoms in total. The highest BCUT2D eigenvalue weighted by Gasteiger charge is 2.14. The zero-order chi connectivity index (χ0) is 15.7. The summed E-state index contributed by atoms with van der Waals surface area (Å²) in [5.74, 6) is 0.624. The van der Waals surface area contributed by atoms with Crippen molar-refractivity contribution in [2.24, 2.45) is 0 Å². The van der Waals surface area contributed by atoms with Crippen molar-refractivity contribution in [3.63, 3.8) is 0 Å². The summed E-state index contributed by atoms with van der Waals surface area (Å²) >= 11 is 24.4. The number of aromatic nitrogens is 3. The SMILES string of the molecule is Clc1ccc(Cn2cnnc2-c2cccc(Cl)c2Cl)c(Cl)c1. The van der Waals surface area contributed by atoms with Gasteiger partial charge in [-0.3, -0.25) is 0 Å². The van der Waals surface area contributed by atoms with E-state index in [2.05, 4.69) is 10.2 Å². The van der Waals surface area contributed by atoms with Crippen molar-refractivity contribution in [2.45, 2.75) is 6.54 Å². The number of rotatable bonds is 3. The van der Waals surface area contributed by atoms with Crippen LogP contribution in [-0.2, 0) is 6.54 Å². The first-order chi connectivity index (χ1) is 10.6. The Hall–Kier alpha value is -1.26. The van der Waals surface area contributed by atoms with Gasteiger partial charge in [-0.05, 0) is 29.8 Å². The standard InChI is InChI=1S/C15H9Cl4N3/c16-10-5-4-9(13(18)6-10)7-22-8-20-21-15(22)11-2-1-3-12(17)14(11)19/h1-6,8H,7H2. The van der Waals surface area contributed by atoms with Gasteiger partial charge in [0.1, 0.15) is 6.33 Å². The molecule has 0 N–H and O–H groups in total. The molecule has 0 aliphatic rings. The van der Waals surface area contributed by atoms with E-state index < -0.39 is 0 Å². The molecule has 0 saturated carbocycles. The Labute approximate surface area is 147 Å². The minimum Gasteiger partial charge on any atom is -0.309 e. The van der Waals surface area contributed by atoms with E-state index in [4.69, 9.17) is 46.4 Å². The normalized spacial score (nSPS) is 10.9. The van der Waals surface area contributed by atoms with Crippen LogP contribution in [0.1, 0.15) is 5.56 Å². The van der Waals surface area contributed by atoms with Crippen LogP contribution in [0, 0.1) is 0 Å². The van der Waals surface area contributed by atoms with Crippen molar-refractivity contribution in [3.05, 3.63) is 68.4 Å². The highest BCUT2D eigenvalue weighted by atomic mass is 35.5. The van der Waals surface area contributed by atoms with Gasteiger partial charge < -0.3 is 4.57 Å². The van der Waals surface area contributed by atoms with Crippen LogP contribution >= 0.6 is 46.4 Å². The molecular formula is C15H9Cl4N3. The van der Waals surface area contributed by atoms with Gasteiger partial charge in [0.05, 0.1) is 16.6 Å². The minimum atomic E-state index is 0.445. The van der Waals surface area contributed by atoms with E-state index in [1.54, 1.807) is 24.5 Å².